The van der Waals surface area contributed by atoms with Gasteiger partial charge >= 0.3 is 0 Å². The summed E-state index contributed by atoms with van der Waals surface area (Å²) >= 11 is 12.1. The third-order valence-electron chi connectivity index (χ3n) is 3.61. The van der Waals surface area contributed by atoms with E-state index < -0.39 is 5.91 Å². The smallest absolute Gasteiger partial charge is 0.263 e. The van der Waals surface area contributed by atoms with Gasteiger partial charge < -0.3 is 9.84 Å². The Balaban J connectivity index is 1.61. The first-order valence-corrected chi connectivity index (χ1v) is 9.23. The number of hydrogen-bond acceptors (Lipinski definition) is 7. The lowest BCUT2D eigenvalue weighted by Crippen LogP contribution is -2.24. The van der Waals surface area contributed by atoms with Crippen LogP contribution in [0.25, 0.3) is 11.4 Å². The number of rotatable bonds is 7. The third-order valence-corrected chi connectivity index (χ3v) is 4.22. The molecule has 0 spiro atoms. The Bertz CT molecular complexity index is 1050. The summed E-state index contributed by atoms with van der Waals surface area (Å²) in [7, 11) is 0. The van der Waals surface area contributed by atoms with Gasteiger partial charge in [-0.25, -0.2) is 5.43 Å². The Kier molecular flexibility index (Phi) is 6.63. The average Bonchev–Trinajstić information content (AvgIpc) is 3.14. The van der Waals surface area contributed by atoms with E-state index in [9.17, 15) is 9.90 Å². The molecule has 2 aromatic carbocycles. The van der Waals surface area contributed by atoms with Gasteiger partial charge in [-0.05, 0) is 42.0 Å². The zero-order valence-corrected chi connectivity index (χ0v) is 16.7. The van der Waals surface area contributed by atoms with Crippen molar-refractivity contribution in [2.24, 2.45) is 5.10 Å². The van der Waals surface area contributed by atoms with Gasteiger partial charge in [-0.3, -0.25) is 4.79 Å². The molecule has 0 unspecified atom stereocenters. The predicted octanol–water partition coefficient (Wildman–Crippen LogP) is 2.90. The number of aromatic hydroxyl groups is 1. The molecule has 0 atom stereocenters. The van der Waals surface area contributed by atoms with Crippen molar-refractivity contribution in [2.45, 2.75) is 13.5 Å². The second kappa shape index (κ2) is 9.35. The predicted molar refractivity (Wildman–Crippen MR) is 108 cm³/mol. The molecule has 1 aromatic heterocycles. The number of aromatic nitrogens is 4. The number of phenols is 1. The molecular weight excluding hydrogens is 419 g/mol. The average molecular weight is 435 g/mol. The molecule has 0 saturated heterocycles. The Morgan fingerprint density at radius 2 is 2.10 bits per heavy atom. The molecule has 29 heavy (non-hydrogen) atoms. The zero-order valence-electron chi connectivity index (χ0n) is 15.2. The molecule has 3 rings (SSSR count). The normalized spacial score (nSPS) is 11.0. The highest BCUT2D eigenvalue weighted by atomic mass is 35.5. The van der Waals surface area contributed by atoms with Crippen LogP contribution in [0, 0.1) is 0 Å². The van der Waals surface area contributed by atoms with E-state index in [4.69, 9.17) is 27.9 Å². The molecule has 11 heteroatoms. The molecule has 0 aliphatic carbocycles. The number of carbonyl (C=O) groups is 1. The second-order valence-electron chi connectivity index (χ2n) is 5.70. The first-order valence-electron chi connectivity index (χ1n) is 8.48. The number of ether oxygens (including phenoxy) is 1. The van der Waals surface area contributed by atoms with Gasteiger partial charge in [-0.1, -0.05) is 35.3 Å². The van der Waals surface area contributed by atoms with Gasteiger partial charge in [0.1, 0.15) is 6.54 Å². The lowest BCUT2D eigenvalue weighted by Gasteiger charge is -2.08. The van der Waals surface area contributed by atoms with Gasteiger partial charge in [0.2, 0.25) is 5.82 Å². The van der Waals surface area contributed by atoms with Crippen molar-refractivity contribution in [1.82, 2.24) is 25.6 Å². The number of hydrogen-bond donors (Lipinski definition) is 2. The number of nitrogens with zero attached hydrogens (tertiary/aromatic N) is 5. The molecular formula is C18H16Cl2N6O3. The van der Waals surface area contributed by atoms with Gasteiger partial charge in [0.15, 0.2) is 11.5 Å². The van der Waals surface area contributed by atoms with Crippen molar-refractivity contribution in [3.05, 3.63) is 52.0 Å². The molecule has 3 aromatic rings. The monoisotopic (exact) mass is 434 g/mol. The van der Waals surface area contributed by atoms with Crippen LogP contribution in [-0.2, 0) is 11.3 Å². The minimum absolute atomic E-state index is 0.114. The molecule has 1 heterocycles. The fourth-order valence-electron chi connectivity index (χ4n) is 2.34. The quantitative estimate of drug-likeness (QED) is 0.436. The maximum atomic E-state index is 12.0. The van der Waals surface area contributed by atoms with Crippen LogP contribution in [0.1, 0.15) is 12.5 Å². The molecule has 0 bridgehead atoms. The van der Waals surface area contributed by atoms with Crippen LogP contribution in [0.2, 0.25) is 10.0 Å². The maximum Gasteiger partial charge on any atom is 0.263 e. The Morgan fingerprint density at radius 3 is 2.86 bits per heavy atom. The standard InChI is InChI=1S/C18H16Cl2N6O3/c1-2-29-15-8-11(7-14(20)17(15)28)9-21-22-16(27)10-26-24-18(23-25-26)12-5-3-4-6-13(12)19/h3-9,28H,2,10H2,1H3,(H,22,27)/b21-9-. The van der Waals surface area contributed by atoms with E-state index in [-0.39, 0.29) is 23.1 Å². The topological polar surface area (TPSA) is 115 Å². The largest absolute Gasteiger partial charge is 0.503 e. The SMILES string of the molecule is CCOc1cc(/C=N\NC(=O)Cn2nnc(-c3ccccc3Cl)n2)cc(Cl)c1O. The number of amides is 1. The van der Waals surface area contributed by atoms with E-state index >= 15 is 0 Å². The van der Waals surface area contributed by atoms with E-state index in [1.54, 1.807) is 37.3 Å². The molecule has 0 aliphatic heterocycles. The molecule has 0 saturated carbocycles. The van der Waals surface area contributed by atoms with Gasteiger partial charge in [0, 0.05) is 5.56 Å². The van der Waals surface area contributed by atoms with Crippen LogP contribution >= 0.6 is 23.2 Å². The van der Waals surface area contributed by atoms with E-state index in [0.717, 1.165) is 4.80 Å². The molecule has 0 aliphatic rings. The van der Waals surface area contributed by atoms with Gasteiger partial charge in [-0.15, -0.1) is 10.2 Å². The summed E-state index contributed by atoms with van der Waals surface area (Å²) in [5.41, 5.74) is 3.51. The molecule has 9 nitrogen and oxygen atoms in total. The third kappa shape index (κ3) is 5.21. The van der Waals surface area contributed by atoms with Crippen LogP contribution in [-0.4, -0.2) is 44.0 Å². The molecule has 1 amide bonds. The van der Waals surface area contributed by atoms with E-state index in [1.165, 1.54) is 12.3 Å². The fraction of sp³-hybridized carbons (Fsp3) is 0.167. The van der Waals surface area contributed by atoms with Crippen molar-refractivity contribution in [2.75, 3.05) is 6.61 Å². The summed E-state index contributed by atoms with van der Waals surface area (Å²) in [6, 6.07) is 10.1. The Labute approximate surface area is 175 Å². The molecule has 2 N–H and O–H groups in total. The number of halogens is 2. The van der Waals surface area contributed by atoms with Crippen LogP contribution in [0.4, 0.5) is 0 Å². The summed E-state index contributed by atoms with van der Waals surface area (Å²) in [5, 5.41) is 26.2. The summed E-state index contributed by atoms with van der Waals surface area (Å²) in [5.74, 6) is -0.0682. The first-order chi connectivity index (χ1) is 14.0. The lowest BCUT2D eigenvalue weighted by molar-refractivity contribution is -0.122. The first kappa shape index (κ1) is 20.6. The van der Waals surface area contributed by atoms with Crippen LogP contribution in [0.15, 0.2) is 41.5 Å². The lowest BCUT2D eigenvalue weighted by atomic mass is 10.2. The summed E-state index contributed by atoms with van der Waals surface area (Å²) < 4.78 is 5.29. The summed E-state index contributed by atoms with van der Waals surface area (Å²) in [4.78, 5) is 13.2. The molecule has 0 radical (unpaired) electrons. The zero-order chi connectivity index (χ0) is 20.8. The summed E-state index contributed by atoms with van der Waals surface area (Å²) in [6.45, 7) is 1.96. The van der Waals surface area contributed by atoms with Gasteiger partial charge in [0.25, 0.3) is 5.91 Å². The summed E-state index contributed by atoms with van der Waals surface area (Å²) in [6.07, 6.45) is 1.37. The Morgan fingerprint density at radius 1 is 1.31 bits per heavy atom. The second-order valence-corrected chi connectivity index (χ2v) is 6.51. The Hall–Kier alpha value is -3.17. The highest BCUT2D eigenvalue weighted by molar-refractivity contribution is 6.33. The number of tetrazole rings is 1. The fourth-order valence-corrected chi connectivity index (χ4v) is 2.78. The molecule has 150 valence electrons. The van der Waals surface area contributed by atoms with E-state index in [0.29, 0.717) is 28.6 Å². The minimum Gasteiger partial charge on any atom is -0.503 e. The number of benzene rings is 2. The molecule has 0 fully saturated rings. The van der Waals surface area contributed by atoms with Crippen LogP contribution < -0.4 is 10.2 Å². The van der Waals surface area contributed by atoms with Crippen LogP contribution in [0.3, 0.4) is 0 Å². The number of carbonyl (C=O) groups excluding carboxylic acids is 1. The highest BCUT2D eigenvalue weighted by Crippen LogP contribution is 2.34. The van der Waals surface area contributed by atoms with Crippen molar-refractivity contribution in [3.63, 3.8) is 0 Å². The van der Waals surface area contributed by atoms with Gasteiger partial charge in [0.05, 0.1) is 22.9 Å². The van der Waals surface area contributed by atoms with E-state index in [1.807, 2.05) is 0 Å². The van der Waals surface area contributed by atoms with Crippen molar-refractivity contribution >= 4 is 35.3 Å². The van der Waals surface area contributed by atoms with E-state index in [2.05, 4.69) is 25.9 Å². The maximum absolute atomic E-state index is 12.0. The van der Waals surface area contributed by atoms with Crippen molar-refractivity contribution < 1.29 is 14.6 Å². The minimum atomic E-state index is -0.459. The van der Waals surface area contributed by atoms with Crippen LogP contribution in [0.5, 0.6) is 11.5 Å². The number of nitrogens with one attached hydrogen (secondary N) is 1. The number of phenolic OH excluding ortho intramolecular Hbond substituents is 1. The van der Waals surface area contributed by atoms with Crippen molar-refractivity contribution in [3.8, 4) is 22.9 Å². The van der Waals surface area contributed by atoms with Crippen molar-refractivity contribution in [1.29, 1.82) is 0 Å². The number of hydrazone groups is 1. The highest BCUT2D eigenvalue weighted by Gasteiger charge is 2.12. The van der Waals surface area contributed by atoms with Gasteiger partial charge in [-0.2, -0.15) is 9.90 Å².